The molecular formula is C35H30FN5O6. The second kappa shape index (κ2) is 11.5. The molecule has 2 aromatic carbocycles. The average molecular weight is 636 g/mol. The molecule has 1 N–H and O–H groups in total. The third-order valence-electron chi connectivity index (χ3n) is 9.70. The molecule has 6 heterocycles. The van der Waals surface area contributed by atoms with Crippen LogP contribution in [-0.2, 0) is 17.7 Å². The normalized spacial score (nSPS) is 17.7. The molecule has 2 saturated heterocycles. The van der Waals surface area contributed by atoms with Gasteiger partial charge in [0.15, 0.2) is 11.3 Å². The summed E-state index contributed by atoms with van der Waals surface area (Å²) >= 11 is 0. The van der Waals surface area contributed by atoms with Crippen LogP contribution in [0, 0.1) is 23.1 Å². The van der Waals surface area contributed by atoms with Gasteiger partial charge in [-0.1, -0.05) is 12.1 Å². The minimum absolute atomic E-state index is 0.0314. The molecule has 0 spiro atoms. The molecule has 1 amide bonds. The van der Waals surface area contributed by atoms with E-state index in [1.165, 1.54) is 22.8 Å². The lowest BCUT2D eigenvalue weighted by molar-refractivity contribution is 0.0639. The topological polar surface area (TPSA) is 147 Å². The van der Waals surface area contributed by atoms with Gasteiger partial charge in [0.05, 0.1) is 52.2 Å². The third kappa shape index (κ3) is 4.98. The van der Waals surface area contributed by atoms with Gasteiger partial charge in [-0.25, -0.2) is 9.18 Å². The third-order valence-corrected chi connectivity index (χ3v) is 9.70. The monoisotopic (exact) mass is 635 g/mol. The molecular weight excluding hydrogens is 605 g/mol. The minimum atomic E-state index is -0.665. The zero-order chi connectivity index (χ0) is 32.2. The number of fused-ring (bicyclic) bond motifs is 4. The number of pyridine rings is 1. The van der Waals surface area contributed by atoms with Crippen LogP contribution in [-0.4, -0.2) is 45.3 Å². The number of nitrogens with one attached hydrogen (secondary N) is 1. The first-order chi connectivity index (χ1) is 22.9. The first-order valence-electron chi connectivity index (χ1n) is 15.9. The number of nitrogens with zero attached hydrogens (tertiary/aromatic N) is 4. The van der Waals surface area contributed by atoms with Crippen LogP contribution in [0.4, 0.5) is 4.39 Å². The molecule has 3 aliphatic heterocycles. The summed E-state index contributed by atoms with van der Waals surface area (Å²) in [6.07, 6.45) is 5.12. The summed E-state index contributed by atoms with van der Waals surface area (Å²) in [5, 5.41) is 11.5. The van der Waals surface area contributed by atoms with Crippen molar-refractivity contribution in [1.82, 2.24) is 19.6 Å². The Kier molecular flexibility index (Phi) is 7.14. The highest BCUT2D eigenvalue weighted by Gasteiger charge is 2.44. The molecule has 5 aromatic rings. The molecule has 1 atom stereocenters. The molecule has 238 valence electrons. The smallest absolute Gasteiger partial charge is 0.408 e. The van der Waals surface area contributed by atoms with Crippen LogP contribution in [0.2, 0.25) is 0 Å². The number of aromatic nitrogens is 3. The van der Waals surface area contributed by atoms with E-state index >= 15 is 0 Å². The van der Waals surface area contributed by atoms with E-state index in [9.17, 15) is 18.8 Å². The van der Waals surface area contributed by atoms with Gasteiger partial charge in [0, 0.05) is 25.3 Å². The van der Waals surface area contributed by atoms with Gasteiger partial charge >= 0.3 is 5.76 Å². The number of nitriles is 1. The van der Waals surface area contributed by atoms with Crippen molar-refractivity contribution >= 4 is 17.0 Å². The number of oxazole rings is 1. The highest BCUT2D eigenvalue weighted by atomic mass is 19.1. The van der Waals surface area contributed by atoms with Crippen LogP contribution in [0.5, 0.6) is 0 Å². The van der Waals surface area contributed by atoms with Gasteiger partial charge < -0.3 is 18.6 Å². The fourth-order valence-electron chi connectivity index (χ4n) is 7.37. The number of carbonyl (C=O) groups is 1. The highest BCUT2D eigenvalue weighted by molar-refractivity contribution is 6.08. The van der Waals surface area contributed by atoms with Gasteiger partial charge in [0.2, 0.25) is 0 Å². The van der Waals surface area contributed by atoms with Gasteiger partial charge in [0.1, 0.15) is 11.9 Å². The van der Waals surface area contributed by atoms with E-state index in [0.717, 1.165) is 56.7 Å². The Morgan fingerprint density at radius 1 is 1.02 bits per heavy atom. The Morgan fingerprint density at radius 3 is 2.64 bits per heavy atom. The van der Waals surface area contributed by atoms with Crippen LogP contribution in [0.3, 0.4) is 0 Å². The number of aromatic amines is 1. The Balaban J connectivity index is 1.29. The standard InChI is InChI=1S/C35H30FN5O6/c36-23-14-20(3-5-22(23)17-37)18-41-25-8-6-21(15-27(25)46-35(41)44)30-31(28-16-29(42)39-47-28)24(7-4-19-9-12-45-13-10-19)38-33-26-2-1-11-40(26)34(43)32(30)33/h3,5-6,8,14-16,19,26H,1-2,4,7,9-13,18H2,(H,39,42)/t26-/m0/s1. The zero-order valence-corrected chi connectivity index (χ0v) is 25.4. The molecule has 0 radical (unpaired) electrons. The number of H-pyrrole nitrogens is 1. The summed E-state index contributed by atoms with van der Waals surface area (Å²) < 4.78 is 32.7. The van der Waals surface area contributed by atoms with Crippen molar-refractivity contribution in [2.45, 2.75) is 51.1 Å². The van der Waals surface area contributed by atoms with Crippen LogP contribution >= 0.6 is 0 Å². The SMILES string of the molecule is N#Cc1ccc(Cn2c(=O)oc3cc(-c4c5c(nc(CCC6CCOCC6)c4-c4cc(=O)[nH]o4)[C@@H]4CCCN4C5=O)ccc32)cc1F. The van der Waals surface area contributed by atoms with E-state index in [1.54, 1.807) is 24.3 Å². The number of hydrogen-bond donors (Lipinski definition) is 1. The van der Waals surface area contributed by atoms with Crippen molar-refractivity contribution in [1.29, 1.82) is 5.26 Å². The Hall–Kier alpha value is -5.28. The molecule has 47 heavy (non-hydrogen) atoms. The summed E-state index contributed by atoms with van der Waals surface area (Å²) in [6.45, 7) is 2.12. The molecule has 3 aromatic heterocycles. The van der Waals surface area contributed by atoms with Gasteiger partial charge in [-0.05, 0) is 79.8 Å². The number of ether oxygens (including phenoxy) is 1. The van der Waals surface area contributed by atoms with Crippen molar-refractivity contribution in [3.05, 3.63) is 97.3 Å². The summed E-state index contributed by atoms with van der Waals surface area (Å²) in [5.41, 5.74) is 4.48. The molecule has 2 fully saturated rings. The number of aryl methyl sites for hydroxylation is 1. The maximum absolute atomic E-state index is 14.3. The fraction of sp³-hybridized carbons (Fsp3) is 0.343. The fourth-order valence-corrected chi connectivity index (χ4v) is 7.37. The first-order valence-corrected chi connectivity index (χ1v) is 15.9. The van der Waals surface area contributed by atoms with Crippen LogP contribution in [0.25, 0.3) is 33.6 Å². The lowest BCUT2D eigenvalue weighted by atomic mass is 9.87. The maximum atomic E-state index is 14.3. The quantitative estimate of drug-likeness (QED) is 0.253. The zero-order valence-electron chi connectivity index (χ0n) is 25.4. The van der Waals surface area contributed by atoms with Crippen molar-refractivity contribution < 1.29 is 22.9 Å². The van der Waals surface area contributed by atoms with E-state index in [2.05, 4.69) is 5.16 Å². The van der Waals surface area contributed by atoms with E-state index in [0.29, 0.717) is 52.2 Å². The molecule has 0 aliphatic carbocycles. The van der Waals surface area contributed by atoms with Crippen LogP contribution < -0.4 is 11.3 Å². The molecule has 12 heteroatoms. The Morgan fingerprint density at radius 2 is 1.87 bits per heavy atom. The number of hydrogen-bond acceptors (Lipinski definition) is 8. The molecule has 0 unspecified atom stereocenters. The van der Waals surface area contributed by atoms with Crippen LogP contribution in [0.1, 0.15) is 71.0 Å². The second-order valence-electron chi connectivity index (χ2n) is 12.5. The first kappa shape index (κ1) is 29.1. The maximum Gasteiger partial charge on any atom is 0.420 e. The number of rotatable bonds is 7. The number of carbonyl (C=O) groups excluding carboxylic acids is 1. The Labute approximate surface area is 267 Å². The van der Waals surface area contributed by atoms with E-state index in [-0.39, 0.29) is 35.4 Å². The predicted octanol–water partition coefficient (Wildman–Crippen LogP) is 5.31. The van der Waals surface area contributed by atoms with Crippen LogP contribution in [0.15, 0.2) is 61.0 Å². The Bertz CT molecular complexity index is 2220. The number of benzene rings is 2. The molecule has 0 bridgehead atoms. The van der Waals surface area contributed by atoms with Gasteiger partial charge in [-0.2, -0.15) is 10.4 Å². The summed E-state index contributed by atoms with van der Waals surface area (Å²) in [6, 6.07) is 12.5. The summed E-state index contributed by atoms with van der Waals surface area (Å²) in [4.78, 5) is 46.5. The minimum Gasteiger partial charge on any atom is -0.408 e. The van der Waals surface area contributed by atoms with Gasteiger partial charge in [0.25, 0.3) is 11.5 Å². The largest absolute Gasteiger partial charge is 0.420 e. The molecule has 3 aliphatic rings. The lowest BCUT2D eigenvalue weighted by Crippen LogP contribution is -2.23. The highest BCUT2D eigenvalue weighted by Crippen LogP contribution is 2.48. The second-order valence-corrected chi connectivity index (χ2v) is 12.5. The number of halogens is 1. The van der Waals surface area contributed by atoms with E-state index in [4.69, 9.17) is 23.9 Å². The summed E-state index contributed by atoms with van der Waals surface area (Å²) in [7, 11) is 0. The predicted molar refractivity (Wildman–Crippen MR) is 167 cm³/mol. The van der Waals surface area contributed by atoms with Crippen molar-refractivity contribution in [2.24, 2.45) is 5.92 Å². The molecule has 0 saturated carbocycles. The van der Waals surface area contributed by atoms with Crippen molar-refractivity contribution in [2.75, 3.05) is 19.8 Å². The molecule has 11 nitrogen and oxygen atoms in total. The van der Waals surface area contributed by atoms with Crippen molar-refractivity contribution in [3.63, 3.8) is 0 Å². The molecule has 8 rings (SSSR count). The van der Waals surface area contributed by atoms with E-state index < -0.39 is 17.1 Å². The van der Waals surface area contributed by atoms with Crippen molar-refractivity contribution in [3.8, 4) is 28.5 Å². The van der Waals surface area contributed by atoms with E-state index in [1.807, 2.05) is 11.0 Å². The lowest BCUT2D eigenvalue weighted by Gasteiger charge is -2.23. The van der Waals surface area contributed by atoms with Gasteiger partial charge in [-0.3, -0.25) is 19.1 Å². The summed E-state index contributed by atoms with van der Waals surface area (Å²) in [5.74, 6) is -0.673. The van der Waals surface area contributed by atoms with Gasteiger partial charge in [-0.15, -0.1) is 0 Å². The number of amides is 1. The average Bonchev–Trinajstić information content (AvgIpc) is 3.86.